The molecule has 2 N–H and O–H groups in total. The van der Waals surface area contributed by atoms with Crippen LogP contribution < -0.4 is 10.7 Å². The minimum atomic E-state index is 0.433. The number of aromatic nitrogens is 2. The predicted molar refractivity (Wildman–Crippen MR) is 70.1 cm³/mol. The average Bonchev–Trinajstić information content (AvgIpc) is 2.31. The number of hydrogen-bond acceptors (Lipinski definition) is 4. The summed E-state index contributed by atoms with van der Waals surface area (Å²) in [4.78, 5) is 0. The molecule has 1 heterocycles. The minimum Gasteiger partial charge on any atom is -0.382 e. The lowest BCUT2D eigenvalue weighted by atomic mass is 10.4. The van der Waals surface area contributed by atoms with Gasteiger partial charge < -0.3 is 5.73 Å². The van der Waals surface area contributed by atoms with E-state index in [1.54, 1.807) is 16.7 Å². The van der Waals surface area contributed by atoms with Crippen LogP contribution in [0.1, 0.15) is 5.69 Å². The molecule has 0 amide bonds. The molecular weight excluding hydrogens is 230 g/mol. The van der Waals surface area contributed by atoms with Crippen LogP contribution >= 0.6 is 24.8 Å². The van der Waals surface area contributed by atoms with E-state index < -0.39 is 0 Å². The summed E-state index contributed by atoms with van der Waals surface area (Å²) in [5, 5.41) is 7.77. The topological polar surface area (TPSA) is 50.3 Å². The maximum atomic E-state index is 5.92. The first-order valence-electron chi connectivity index (χ1n) is 4.35. The number of thiocarbonyl (C=S) groups is 1. The average molecular weight is 245 g/mol. The molecule has 0 radical (unpaired) electrons. The molecule has 7 heteroatoms. The van der Waals surface area contributed by atoms with Gasteiger partial charge >= 0.3 is 0 Å². The number of nitrogens with zero attached hydrogens (tertiary/aromatic N) is 4. The van der Waals surface area contributed by atoms with Crippen LogP contribution in [0, 0.1) is 6.92 Å². The molecule has 84 valence electrons. The zero-order chi connectivity index (χ0) is 11.7. The molecule has 0 aliphatic carbocycles. The lowest BCUT2D eigenvalue weighted by Crippen LogP contribution is -2.39. The molecule has 5 nitrogen and oxygen atoms in total. The molecule has 0 saturated heterocycles. The molecule has 0 aliphatic rings. The van der Waals surface area contributed by atoms with Crippen molar-refractivity contribution in [2.45, 2.75) is 6.92 Å². The van der Waals surface area contributed by atoms with Crippen molar-refractivity contribution < 1.29 is 0 Å². The second-order valence-corrected chi connectivity index (χ2v) is 4.50. The summed E-state index contributed by atoms with van der Waals surface area (Å²) >= 11 is 9.23. The third-order valence-corrected chi connectivity index (χ3v) is 2.39. The molecule has 0 fully saturated rings. The van der Waals surface area contributed by atoms with Gasteiger partial charge in [0.1, 0.15) is 11.5 Å². The molecule has 0 unspecified atom stereocenters. The highest BCUT2D eigenvalue weighted by atomic mass is 32.1. The highest BCUT2D eigenvalue weighted by molar-refractivity contribution is 8.11. The van der Waals surface area contributed by atoms with Crippen LogP contribution in [-0.4, -0.2) is 33.2 Å². The third kappa shape index (κ3) is 2.24. The summed E-state index contributed by atoms with van der Waals surface area (Å²) in [5.41, 5.74) is 7.52. The van der Waals surface area contributed by atoms with E-state index in [1.165, 1.54) is 0 Å². The van der Waals surface area contributed by atoms with Gasteiger partial charge in [0.2, 0.25) is 0 Å². The van der Waals surface area contributed by atoms with E-state index in [2.05, 4.69) is 17.7 Å². The summed E-state index contributed by atoms with van der Waals surface area (Å²) in [6.45, 7) is 1.88. The lowest BCUT2D eigenvalue weighted by molar-refractivity contribution is 0.433. The van der Waals surface area contributed by atoms with Gasteiger partial charge in [0.15, 0.2) is 4.32 Å². The van der Waals surface area contributed by atoms with Crippen LogP contribution in [-0.2, 0) is 7.05 Å². The van der Waals surface area contributed by atoms with Crippen LogP contribution in [0.25, 0.3) is 0 Å². The molecule has 0 aromatic carbocycles. The Morgan fingerprint density at radius 2 is 2.07 bits per heavy atom. The summed E-state index contributed by atoms with van der Waals surface area (Å²) < 4.78 is 2.05. The van der Waals surface area contributed by atoms with Crippen molar-refractivity contribution in [2.24, 2.45) is 7.05 Å². The molecule has 0 bridgehead atoms. The van der Waals surface area contributed by atoms with E-state index >= 15 is 0 Å². The van der Waals surface area contributed by atoms with Crippen LogP contribution in [0.5, 0.6) is 0 Å². The third-order valence-electron chi connectivity index (χ3n) is 2.03. The van der Waals surface area contributed by atoms with Crippen molar-refractivity contribution in [2.75, 3.05) is 24.8 Å². The Kier molecular flexibility index (Phi) is 3.58. The van der Waals surface area contributed by atoms with E-state index in [9.17, 15) is 0 Å². The fraction of sp³-hybridized carbons (Fsp3) is 0.500. The van der Waals surface area contributed by atoms with Crippen LogP contribution in [0.4, 0.5) is 11.5 Å². The molecule has 15 heavy (non-hydrogen) atoms. The van der Waals surface area contributed by atoms with Crippen molar-refractivity contribution in [1.82, 2.24) is 14.8 Å². The van der Waals surface area contributed by atoms with Crippen molar-refractivity contribution in [3.63, 3.8) is 0 Å². The van der Waals surface area contributed by atoms with Gasteiger partial charge in [0, 0.05) is 21.1 Å². The summed E-state index contributed by atoms with van der Waals surface area (Å²) in [6, 6.07) is 0. The Bertz CT molecular complexity index is 385. The van der Waals surface area contributed by atoms with Gasteiger partial charge in [0.05, 0.1) is 5.69 Å². The van der Waals surface area contributed by atoms with Crippen molar-refractivity contribution in [3.8, 4) is 0 Å². The first-order chi connectivity index (χ1) is 6.86. The van der Waals surface area contributed by atoms with Crippen LogP contribution in [0.15, 0.2) is 0 Å². The van der Waals surface area contributed by atoms with Crippen LogP contribution in [0.2, 0.25) is 0 Å². The first-order valence-corrected chi connectivity index (χ1v) is 5.21. The van der Waals surface area contributed by atoms with E-state index in [0.29, 0.717) is 10.1 Å². The second-order valence-electron chi connectivity index (χ2n) is 3.38. The number of rotatable bonds is 2. The number of hydrogen-bond donors (Lipinski definition) is 2. The summed E-state index contributed by atoms with van der Waals surface area (Å²) in [6.07, 6.45) is 0. The Morgan fingerprint density at radius 3 is 2.33 bits per heavy atom. The highest BCUT2D eigenvalue weighted by Crippen LogP contribution is 2.28. The fourth-order valence-corrected chi connectivity index (χ4v) is 1.93. The van der Waals surface area contributed by atoms with Gasteiger partial charge in [-0.05, 0) is 6.92 Å². The summed E-state index contributed by atoms with van der Waals surface area (Å²) in [7, 11) is 5.53. The standard InChI is InChI=1S/C8H15N5S2/c1-5-6(7(9)12(4)10-5)13(8(14)15)11(2)3/h9H2,1-4H3,(H,14,15). The Balaban J connectivity index is 3.28. The second kappa shape index (κ2) is 4.38. The maximum absolute atomic E-state index is 5.92. The maximum Gasteiger partial charge on any atom is 0.152 e. The number of hydrazine groups is 1. The van der Waals surface area contributed by atoms with E-state index in [1.807, 2.05) is 26.0 Å². The normalized spacial score (nSPS) is 10.8. The van der Waals surface area contributed by atoms with Crippen molar-refractivity contribution in [1.29, 1.82) is 0 Å². The van der Waals surface area contributed by atoms with E-state index in [-0.39, 0.29) is 0 Å². The fourth-order valence-electron chi connectivity index (χ4n) is 1.39. The van der Waals surface area contributed by atoms with Gasteiger partial charge in [0.25, 0.3) is 0 Å². The van der Waals surface area contributed by atoms with Gasteiger partial charge in [-0.1, -0.05) is 12.2 Å². The molecule has 1 aromatic rings. The first kappa shape index (κ1) is 12.3. The predicted octanol–water partition coefficient (Wildman–Crippen LogP) is 0.808. The van der Waals surface area contributed by atoms with Crippen LogP contribution in [0.3, 0.4) is 0 Å². The van der Waals surface area contributed by atoms with E-state index in [0.717, 1.165) is 11.4 Å². The number of thiol groups is 1. The Labute approximate surface area is 100 Å². The Hall–Kier alpha value is -0.790. The minimum absolute atomic E-state index is 0.433. The lowest BCUT2D eigenvalue weighted by Gasteiger charge is -2.28. The SMILES string of the molecule is Cc1nn(C)c(N)c1N(C(=S)S)N(C)C. The van der Waals surface area contributed by atoms with Gasteiger partial charge in [-0.2, -0.15) is 5.10 Å². The van der Waals surface area contributed by atoms with Crippen molar-refractivity contribution in [3.05, 3.63) is 5.69 Å². The van der Waals surface area contributed by atoms with Gasteiger partial charge in [-0.15, -0.1) is 12.6 Å². The monoisotopic (exact) mass is 245 g/mol. The molecule has 1 aromatic heterocycles. The molecule has 0 spiro atoms. The van der Waals surface area contributed by atoms with E-state index in [4.69, 9.17) is 18.0 Å². The number of aryl methyl sites for hydroxylation is 2. The van der Waals surface area contributed by atoms with Crippen molar-refractivity contribution >= 4 is 40.7 Å². The zero-order valence-electron chi connectivity index (χ0n) is 9.22. The largest absolute Gasteiger partial charge is 0.382 e. The molecule has 1 rings (SSSR count). The molecule has 0 atom stereocenters. The number of nitrogens with two attached hydrogens (primary N) is 1. The molecule has 0 saturated carbocycles. The van der Waals surface area contributed by atoms with Gasteiger partial charge in [-0.3, -0.25) is 9.69 Å². The number of anilines is 2. The molecule has 0 aliphatic heterocycles. The Morgan fingerprint density at radius 1 is 1.53 bits per heavy atom. The smallest absolute Gasteiger partial charge is 0.152 e. The highest BCUT2D eigenvalue weighted by Gasteiger charge is 2.21. The van der Waals surface area contributed by atoms with Gasteiger partial charge in [-0.25, -0.2) is 5.01 Å². The summed E-state index contributed by atoms with van der Waals surface area (Å²) in [5.74, 6) is 0.567. The zero-order valence-corrected chi connectivity index (χ0v) is 10.9. The quantitative estimate of drug-likeness (QED) is 0.459. The molecular formula is C8H15N5S2. The number of nitrogen functional groups attached to an aromatic ring is 1.